The molecule has 0 unspecified atom stereocenters. The summed E-state index contributed by atoms with van der Waals surface area (Å²) in [4.78, 5) is 21.6. The van der Waals surface area contributed by atoms with Crippen molar-refractivity contribution in [3.05, 3.63) is 48.0 Å². The first-order chi connectivity index (χ1) is 14.1. The minimum atomic E-state index is -0.154. The van der Waals surface area contributed by atoms with Gasteiger partial charge in [-0.2, -0.15) is 0 Å². The fraction of sp³-hybridized carbons (Fsp3) is 0.333. The summed E-state index contributed by atoms with van der Waals surface area (Å²) in [7, 11) is 0. The third kappa shape index (κ3) is 4.84. The Kier molecular flexibility index (Phi) is 5.94. The van der Waals surface area contributed by atoms with E-state index < -0.39 is 0 Å². The molecule has 2 heterocycles. The Morgan fingerprint density at radius 3 is 2.76 bits per heavy atom. The maximum Gasteiger partial charge on any atom is 0.326 e. The number of morpholine rings is 1. The molecule has 2 aromatic carbocycles. The lowest BCUT2D eigenvalue weighted by Crippen LogP contribution is -2.44. The van der Waals surface area contributed by atoms with Gasteiger partial charge in [0, 0.05) is 37.6 Å². The number of nitrogens with two attached hydrogens (primary N) is 1. The average molecular weight is 412 g/mol. The molecule has 1 fully saturated rings. The van der Waals surface area contributed by atoms with Crippen LogP contribution in [-0.4, -0.2) is 55.3 Å². The molecular weight excluding hydrogens is 386 g/mol. The number of carbonyl (C=O) groups excluding carboxylic acids is 1. The van der Waals surface area contributed by atoms with Gasteiger partial charge in [0.15, 0.2) is 5.13 Å². The number of ether oxygens (including phenoxy) is 1. The predicted octanol–water partition coefficient (Wildman–Crippen LogP) is 3.56. The van der Waals surface area contributed by atoms with Gasteiger partial charge in [0.25, 0.3) is 0 Å². The Labute approximate surface area is 174 Å². The summed E-state index contributed by atoms with van der Waals surface area (Å²) in [5, 5.41) is 3.54. The molecule has 2 amide bonds. The van der Waals surface area contributed by atoms with Crippen molar-refractivity contribution in [1.82, 2.24) is 9.88 Å². The first-order valence-electron chi connectivity index (χ1n) is 9.70. The van der Waals surface area contributed by atoms with E-state index in [1.165, 1.54) is 11.3 Å². The van der Waals surface area contributed by atoms with Gasteiger partial charge in [-0.05, 0) is 37.3 Å². The van der Waals surface area contributed by atoms with E-state index in [2.05, 4.69) is 15.2 Å². The second-order valence-corrected chi connectivity index (χ2v) is 8.17. The number of amides is 2. The zero-order valence-electron chi connectivity index (χ0n) is 16.4. The largest absolute Gasteiger partial charge is 0.379 e. The average Bonchev–Trinajstić information content (AvgIpc) is 3.10. The first-order valence-corrected chi connectivity index (χ1v) is 10.5. The van der Waals surface area contributed by atoms with Crippen LogP contribution in [0.1, 0.15) is 5.56 Å². The van der Waals surface area contributed by atoms with Crippen LogP contribution < -0.4 is 16.0 Å². The fourth-order valence-corrected chi connectivity index (χ4v) is 4.11. The number of hydrogen-bond donors (Lipinski definition) is 2. The van der Waals surface area contributed by atoms with E-state index in [0.29, 0.717) is 11.7 Å². The molecule has 0 atom stereocenters. The van der Waals surface area contributed by atoms with Crippen molar-refractivity contribution in [3.8, 4) is 0 Å². The number of fused-ring (bicyclic) bond motifs is 1. The number of nitrogen functional groups attached to an aromatic ring is 1. The Balaban J connectivity index is 1.56. The molecule has 1 aliphatic heterocycles. The molecule has 152 valence electrons. The summed E-state index contributed by atoms with van der Waals surface area (Å²) in [6, 6.07) is 13.5. The topological polar surface area (TPSA) is 83.7 Å². The number of urea groups is 1. The van der Waals surface area contributed by atoms with E-state index in [0.717, 1.165) is 60.0 Å². The van der Waals surface area contributed by atoms with Crippen molar-refractivity contribution in [3.63, 3.8) is 0 Å². The van der Waals surface area contributed by atoms with E-state index in [-0.39, 0.29) is 6.03 Å². The van der Waals surface area contributed by atoms with Crippen LogP contribution in [0.15, 0.2) is 42.5 Å². The monoisotopic (exact) mass is 411 g/mol. The molecule has 8 heteroatoms. The third-order valence-electron chi connectivity index (χ3n) is 4.99. The summed E-state index contributed by atoms with van der Waals surface area (Å²) in [5.41, 5.74) is 9.46. The van der Waals surface area contributed by atoms with E-state index in [1.807, 2.05) is 49.4 Å². The summed E-state index contributed by atoms with van der Waals surface area (Å²) in [6.07, 6.45) is 0. The number of aromatic nitrogens is 1. The van der Waals surface area contributed by atoms with Crippen LogP contribution in [0.25, 0.3) is 10.2 Å². The van der Waals surface area contributed by atoms with Crippen LogP contribution >= 0.6 is 11.3 Å². The van der Waals surface area contributed by atoms with Crippen molar-refractivity contribution in [2.24, 2.45) is 0 Å². The highest BCUT2D eigenvalue weighted by atomic mass is 32.1. The first kappa shape index (κ1) is 19.6. The number of anilines is 3. The summed E-state index contributed by atoms with van der Waals surface area (Å²) in [6.45, 7) is 6.64. The van der Waals surface area contributed by atoms with Gasteiger partial charge in [-0.1, -0.05) is 29.0 Å². The summed E-state index contributed by atoms with van der Waals surface area (Å²) >= 11 is 1.43. The number of hydrogen-bond acceptors (Lipinski definition) is 6. The zero-order valence-corrected chi connectivity index (χ0v) is 17.2. The van der Waals surface area contributed by atoms with Crippen molar-refractivity contribution in [2.75, 3.05) is 55.3 Å². The third-order valence-corrected chi connectivity index (χ3v) is 5.84. The van der Waals surface area contributed by atoms with Crippen LogP contribution in [0.2, 0.25) is 0 Å². The molecule has 0 bridgehead atoms. The van der Waals surface area contributed by atoms with Crippen molar-refractivity contribution in [1.29, 1.82) is 0 Å². The van der Waals surface area contributed by atoms with Gasteiger partial charge in [-0.15, -0.1) is 0 Å². The highest BCUT2D eigenvalue weighted by Crippen LogP contribution is 2.28. The molecule has 0 radical (unpaired) electrons. The predicted molar refractivity (Wildman–Crippen MR) is 119 cm³/mol. The lowest BCUT2D eigenvalue weighted by atomic mass is 10.2. The normalized spacial score (nSPS) is 14.8. The van der Waals surface area contributed by atoms with Crippen LogP contribution in [0, 0.1) is 6.92 Å². The van der Waals surface area contributed by atoms with Crippen molar-refractivity contribution in [2.45, 2.75) is 6.92 Å². The number of thiazole rings is 1. The number of carbonyl (C=O) groups is 1. The van der Waals surface area contributed by atoms with Gasteiger partial charge >= 0.3 is 6.03 Å². The smallest absolute Gasteiger partial charge is 0.326 e. The molecule has 29 heavy (non-hydrogen) atoms. The minimum absolute atomic E-state index is 0.154. The second-order valence-electron chi connectivity index (χ2n) is 7.11. The highest BCUT2D eigenvalue weighted by molar-refractivity contribution is 7.22. The molecule has 0 aliphatic carbocycles. The molecular formula is C21H25N5O2S. The van der Waals surface area contributed by atoms with E-state index >= 15 is 0 Å². The van der Waals surface area contributed by atoms with Gasteiger partial charge in [-0.25, -0.2) is 9.78 Å². The molecule has 1 aliphatic rings. The number of nitrogens with zero attached hydrogens (tertiary/aromatic N) is 3. The van der Waals surface area contributed by atoms with E-state index in [1.54, 1.807) is 4.90 Å². The van der Waals surface area contributed by atoms with Crippen molar-refractivity contribution < 1.29 is 9.53 Å². The molecule has 7 nitrogen and oxygen atoms in total. The Bertz CT molecular complexity index is 982. The van der Waals surface area contributed by atoms with Gasteiger partial charge in [0.05, 0.1) is 23.4 Å². The summed E-state index contributed by atoms with van der Waals surface area (Å²) in [5.74, 6) is 0. The minimum Gasteiger partial charge on any atom is -0.379 e. The van der Waals surface area contributed by atoms with Crippen LogP contribution in [-0.2, 0) is 4.74 Å². The molecule has 3 aromatic rings. The van der Waals surface area contributed by atoms with Gasteiger partial charge in [-0.3, -0.25) is 9.80 Å². The molecule has 1 saturated heterocycles. The molecule has 0 spiro atoms. The number of benzene rings is 2. The Hall–Kier alpha value is -2.68. The Morgan fingerprint density at radius 2 is 2.00 bits per heavy atom. The SMILES string of the molecule is Cc1ccc(NC(=O)N(CCN2CCOCC2)c2ccc3nc(N)sc3c2)cc1. The highest BCUT2D eigenvalue weighted by Gasteiger charge is 2.19. The molecule has 1 aromatic heterocycles. The lowest BCUT2D eigenvalue weighted by molar-refractivity contribution is 0.0393. The number of rotatable bonds is 5. The quantitative estimate of drug-likeness (QED) is 0.671. The fourth-order valence-electron chi connectivity index (χ4n) is 3.34. The standard InChI is InChI=1S/C21H25N5O2S/c1-15-2-4-16(5-3-15)23-21(27)26(9-8-25-10-12-28-13-11-25)17-6-7-18-19(14-17)29-20(22)24-18/h2-7,14H,8-13H2,1H3,(H2,22,24)(H,23,27). The van der Waals surface area contributed by atoms with Crippen LogP contribution in [0.3, 0.4) is 0 Å². The maximum atomic E-state index is 13.1. The number of aryl methyl sites for hydroxylation is 1. The second kappa shape index (κ2) is 8.77. The zero-order chi connectivity index (χ0) is 20.2. The Morgan fingerprint density at radius 1 is 1.24 bits per heavy atom. The maximum absolute atomic E-state index is 13.1. The van der Waals surface area contributed by atoms with Gasteiger partial charge in [0.2, 0.25) is 0 Å². The van der Waals surface area contributed by atoms with E-state index in [9.17, 15) is 4.79 Å². The molecule has 0 saturated carbocycles. The van der Waals surface area contributed by atoms with Crippen LogP contribution in [0.4, 0.5) is 21.3 Å². The van der Waals surface area contributed by atoms with Crippen molar-refractivity contribution >= 4 is 44.1 Å². The molecule has 4 rings (SSSR count). The van der Waals surface area contributed by atoms with Gasteiger partial charge < -0.3 is 15.8 Å². The molecule has 3 N–H and O–H groups in total. The van der Waals surface area contributed by atoms with Crippen LogP contribution in [0.5, 0.6) is 0 Å². The number of nitrogens with one attached hydrogen (secondary N) is 1. The van der Waals surface area contributed by atoms with E-state index in [4.69, 9.17) is 10.5 Å². The lowest BCUT2D eigenvalue weighted by Gasteiger charge is -2.30. The van der Waals surface area contributed by atoms with Gasteiger partial charge in [0.1, 0.15) is 0 Å². The summed E-state index contributed by atoms with van der Waals surface area (Å²) < 4.78 is 6.40.